The standard InChI is InChI=1S/C27H27F2N5O/c1-27(2,35)11-10-19-8-9-20(21-6-5-7-22-25(21)34(4)33-26(22)31-3)24(32-19)23(30)14-16-12-17(28)15-18(29)13-16/h5-9,12-13,15,23,35H,14,30H2,1-4H3,(H,31,33)/t23-/m0/s1. The molecule has 0 saturated heterocycles. The number of nitrogens with zero attached hydrogens (tertiary/aromatic N) is 3. The zero-order valence-electron chi connectivity index (χ0n) is 20.0. The number of aryl methyl sites for hydroxylation is 1. The molecule has 4 rings (SSSR count). The van der Waals surface area contributed by atoms with Gasteiger partial charge in [-0.2, -0.15) is 5.10 Å². The smallest absolute Gasteiger partial charge is 0.155 e. The summed E-state index contributed by atoms with van der Waals surface area (Å²) in [5.41, 5.74) is 9.30. The van der Waals surface area contributed by atoms with Crippen LogP contribution in [0.25, 0.3) is 22.0 Å². The molecule has 2 aromatic heterocycles. The second-order valence-electron chi connectivity index (χ2n) is 8.95. The number of nitrogens with two attached hydrogens (primary N) is 1. The normalized spacial score (nSPS) is 12.3. The summed E-state index contributed by atoms with van der Waals surface area (Å²) in [6, 6.07) is 12.2. The van der Waals surface area contributed by atoms with Gasteiger partial charge in [0.2, 0.25) is 0 Å². The first-order valence-corrected chi connectivity index (χ1v) is 11.2. The van der Waals surface area contributed by atoms with Gasteiger partial charge in [0.25, 0.3) is 0 Å². The number of rotatable bonds is 5. The number of nitrogens with one attached hydrogen (secondary N) is 1. The maximum absolute atomic E-state index is 13.8. The summed E-state index contributed by atoms with van der Waals surface area (Å²) in [5.74, 6) is 5.06. The van der Waals surface area contributed by atoms with E-state index in [2.05, 4.69) is 22.3 Å². The molecular weight excluding hydrogens is 448 g/mol. The predicted octanol–water partition coefficient (Wildman–Crippen LogP) is 4.32. The summed E-state index contributed by atoms with van der Waals surface area (Å²) in [6.07, 6.45) is 0.167. The molecule has 1 atom stereocenters. The predicted molar refractivity (Wildman–Crippen MR) is 134 cm³/mol. The van der Waals surface area contributed by atoms with E-state index in [9.17, 15) is 13.9 Å². The van der Waals surface area contributed by atoms with E-state index in [1.807, 2.05) is 38.4 Å². The Labute approximate surface area is 202 Å². The summed E-state index contributed by atoms with van der Waals surface area (Å²) in [6.45, 7) is 3.17. The fraction of sp³-hybridized carbons (Fsp3) is 0.259. The van der Waals surface area contributed by atoms with E-state index in [4.69, 9.17) is 10.7 Å². The number of aromatic nitrogens is 3. The van der Waals surface area contributed by atoms with Gasteiger partial charge in [-0.3, -0.25) is 4.68 Å². The molecule has 0 unspecified atom stereocenters. The molecule has 4 N–H and O–H groups in total. The van der Waals surface area contributed by atoms with Crippen molar-refractivity contribution >= 4 is 16.7 Å². The first-order valence-electron chi connectivity index (χ1n) is 11.2. The Kier molecular flexibility index (Phi) is 6.57. The highest BCUT2D eigenvalue weighted by Crippen LogP contribution is 2.35. The third-order valence-electron chi connectivity index (χ3n) is 5.54. The summed E-state index contributed by atoms with van der Waals surface area (Å²) in [4.78, 5) is 4.71. The molecule has 0 aliphatic heterocycles. The van der Waals surface area contributed by atoms with Gasteiger partial charge in [-0.05, 0) is 62.1 Å². The minimum Gasteiger partial charge on any atom is -0.378 e. The summed E-state index contributed by atoms with van der Waals surface area (Å²) < 4.78 is 29.4. The number of benzene rings is 2. The van der Waals surface area contributed by atoms with Crippen molar-refractivity contribution in [3.63, 3.8) is 0 Å². The van der Waals surface area contributed by atoms with E-state index in [0.29, 0.717) is 17.0 Å². The first kappa shape index (κ1) is 24.3. The average Bonchev–Trinajstić information content (AvgIpc) is 3.12. The largest absolute Gasteiger partial charge is 0.378 e. The Morgan fingerprint density at radius 3 is 2.49 bits per heavy atom. The monoisotopic (exact) mass is 475 g/mol. The minimum absolute atomic E-state index is 0.167. The Bertz CT molecular complexity index is 1440. The molecule has 35 heavy (non-hydrogen) atoms. The van der Waals surface area contributed by atoms with Crippen molar-refractivity contribution in [2.24, 2.45) is 12.8 Å². The van der Waals surface area contributed by atoms with E-state index in [0.717, 1.165) is 33.9 Å². The number of para-hydroxylation sites is 1. The van der Waals surface area contributed by atoms with Crippen molar-refractivity contribution in [2.75, 3.05) is 12.4 Å². The van der Waals surface area contributed by atoms with E-state index in [-0.39, 0.29) is 6.42 Å². The molecule has 0 aliphatic carbocycles. The fourth-order valence-corrected chi connectivity index (χ4v) is 4.09. The van der Waals surface area contributed by atoms with E-state index >= 15 is 0 Å². The molecule has 0 radical (unpaired) electrons. The molecule has 4 aromatic rings. The minimum atomic E-state index is -1.19. The van der Waals surface area contributed by atoms with Gasteiger partial charge in [0.05, 0.1) is 17.3 Å². The number of hydrogen-bond acceptors (Lipinski definition) is 5. The van der Waals surface area contributed by atoms with Crippen LogP contribution >= 0.6 is 0 Å². The highest BCUT2D eigenvalue weighted by atomic mass is 19.1. The van der Waals surface area contributed by atoms with Crippen LogP contribution in [-0.2, 0) is 13.5 Å². The second-order valence-corrected chi connectivity index (χ2v) is 8.95. The molecule has 8 heteroatoms. The van der Waals surface area contributed by atoms with Crippen LogP contribution < -0.4 is 11.1 Å². The second kappa shape index (κ2) is 9.45. The van der Waals surface area contributed by atoms with Gasteiger partial charge >= 0.3 is 0 Å². The van der Waals surface area contributed by atoms with Crippen LogP contribution in [0.2, 0.25) is 0 Å². The van der Waals surface area contributed by atoms with E-state index < -0.39 is 23.3 Å². The molecule has 2 heterocycles. The van der Waals surface area contributed by atoms with Gasteiger partial charge in [0, 0.05) is 36.7 Å². The van der Waals surface area contributed by atoms with Crippen molar-refractivity contribution in [3.05, 3.63) is 77.1 Å². The molecular formula is C27H27F2N5O. The van der Waals surface area contributed by atoms with Crippen molar-refractivity contribution < 1.29 is 13.9 Å². The lowest BCUT2D eigenvalue weighted by Crippen LogP contribution is -2.17. The lowest BCUT2D eigenvalue weighted by atomic mass is 9.94. The fourth-order valence-electron chi connectivity index (χ4n) is 4.09. The Morgan fingerprint density at radius 1 is 1.11 bits per heavy atom. The highest BCUT2D eigenvalue weighted by Gasteiger charge is 2.20. The van der Waals surface area contributed by atoms with Gasteiger partial charge in [-0.15, -0.1) is 0 Å². The average molecular weight is 476 g/mol. The lowest BCUT2D eigenvalue weighted by molar-refractivity contribution is 0.143. The molecule has 180 valence electrons. The molecule has 6 nitrogen and oxygen atoms in total. The summed E-state index contributed by atoms with van der Waals surface area (Å²) >= 11 is 0. The zero-order valence-corrected chi connectivity index (χ0v) is 20.0. The molecule has 0 bridgehead atoms. The topological polar surface area (TPSA) is 89.0 Å². The number of halogens is 2. The van der Waals surface area contributed by atoms with Crippen LogP contribution in [0, 0.1) is 23.5 Å². The van der Waals surface area contributed by atoms with E-state index in [1.165, 1.54) is 12.1 Å². The molecule has 0 amide bonds. The number of fused-ring (bicyclic) bond motifs is 1. The van der Waals surface area contributed by atoms with Gasteiger partial charge in [-0.25, -0.2) is 13.8 Å². The van der Waals surface area contributed by atoms with Crippen LogP contribution in [0.1, 0.15) is 36.8 Å². The molecule has 0 fully saturated rings. The van der Waals surface area contributed by atoms with Gasteiger partial charge in [0.1, 0.15) is 22.9 Å². The van der Waals surface area contributed by atoms with Crippen LogP contribution in [0.15, 0.2) is 48.5 Å². The molecule has 0 aliphatic rings. The van der Waals surface area contributed by atoms with Crippen LogP contribution in [0.4, 0.5) is 14.6 Å². The highest BCUT2D eigenvalue weighted by molar-refractivity contribution is 6.00. The third-order valence-corrected chi connectivity index (χ3v) is 5.54. The Hall–Kier alpha value is -3.80. The summed E-state index contributed by atoms with van der Waals surface area (Å²) in [7, 11) is 3.67. The van der Waals surface area contributed by atoms with Crippen molar-refractivity contribution in [1.29, 1.82) is 0 Å². The van der Waals surface area contributed by atoms with E-state index in [1.54, 1.807) is 24.6 Å². The zero-order chi connectivity index (χ0) is 25.3. The van der Waals surface area contributed by atoms with Gasteiger partial charge < -0.3 is 16.2 Å². The first-order chi connectivity index (χ1) is 16.6. The molecule has 0 saturated carbocycles. The quantitative estimate of drug-likeness (QED) is 0.374. The Morgan fingerprint density at radius 2 is 1.83 bits per heavy atom. The SMILES string of the molecule is CNc1nn(C)c2c(-c3ccc(C#CC(C)(C)O)nc3[C@@H](N)Cc3cc(F)cc(F)c3)cccc12. The number of pyridine rings is 1. The lowest BCUT2D eigenvalue weighted by Gasteiger charge is -2.17. The molecule has 0 spiro atoms. The van der Waals surface area contributed by atoms with Crippen LogP contribution in [-0.4, -0.2) is 32.5 Å². The van der Waals surface area contributed by atoms with Gasteiger partial charge in [-0.1, -0.05) is 18.1 Å². The number of aliphatic hydroxyl groups is 1. The maximum Gasteiger partial charge on any atom is 0.155 e. The maximum atomic E-state index is 13.8. The van der Waals surface area contributed by atoms with Crippen molar-refractivity contribution in [2.45, 2.75) is 31.9 Å². The van der Waals surface area contributed by atoms with Crippen molar-refractivity contribution in [1.82, 2.24) is 14.8 Å². The van der Waals surface area contributed by atoms with Crippen LogP contribution in [0.5, 0.6) is 0 Å². The number of hydrogen-bond donors (Lipinski definition) is 3. The number of anilines is 1. The van der Waals surface area contributed by atoms with Crippen LogP contribution in [0.3, 0.4) is 0 Å². The van der Waals surface area contributed by atoms with Crippen molar-refractivity contribution in [3.8, 4) is 23.0 Å². The molecule has 2 aromatic carbocycles. The Balaban J connectivity index is 1.88. The third kappa shape index (κ3) is 5.32. The summed E-state index contributed by atoms with van der Waals surface area (Å²) in [5, 5.41) is 18.6. The van der Waals surface area contributed by atoms with Gasteiger partial charge in [0.15, 0.2) is 5.82 Å².